The van der Waals surface area contributed by atoms with Crippen LogP contribution in [0.2, 0.25) is 0 Å². The Morgan fingerprint density at radius 3 is 2.21 bits per heavy atom. The molecule has 0 amide bonds. The number of aryl methyl sites for hydroxylation is 1. The van der Waals surface area contributed by atoms with Gasteiger partial charge in [0.1, 0.15) is 5.82 Å². The van der Waals surface area contributed by atoms with Crippen LogP contribution in [-0.2, 0) is 6.54 Å². The van der Waals surface area contributed by atoms with Crippen LogP contribution >= 0.6 is 9.39 Å². The third kappa shape index (κ3) is 6.09. The van der Waals surface area contributed by atoms with Gasteiger partial charge in [0.2, 0.25) is 0 Å². The Morgan fingerprint density at radius 2 is 1.69 bits per heavy atom. The van der Waals surface area contributed by atoms with E-state index >= 15 is 0 Å². The quantitative estimate of drug-likeness (QED) is 0.431. The van der Waals surface area contributed by atoms with E-state index in [2.05, 4.69) is 35.8 Å². The maximum atomic E-state index is 14.8. The first-order valence-corrected chi connectivity index (χ1v) is 11.1. The number of hydrazine groups is 1. The van der Waals surface area contributed by atoms with Gasteiger partial charge in [-0.15, -0.1) is 9.39 Å². The van der Waals surface area contributed by atoms with E-state index in [9.17, 15) is 13.2 Å². The van der Waals surface area contributed by atoms with E-state index in [0.717, 1.165) is 11.3 Å². The number of anilines is 1. The predicted octanol–water partition coefficient (Wildman–Crippen LogP) is 5.20. The second kappa shape index (κ2) is 9.13. The van der Waals surface area contributed by atoms with Gasteiger partial charge >= 0.3 is 0 Å². The van der Waals surface area contributed by atoms with E-state index in [0.29, 0.717) is 17.7 Å². The number of benzene rings is 2. The molecular weight excluding hydrogens is 395 g/mol. The molecule has 0 saturated heterocycles. The minimum Gasteiger partial charge on any atom is -0.324 e. The molecule has 0 radical (unpaired) electrons. The molecule has 2 N–H and O–H groups in total. The van der Waals surface area contributed by atoms with Crippen molar-refractivity contribution in [3.63, 3.8) is 0 Å². The SMILES string of the molecule is C=C(NNC(=C)C(F)F)c1ccc(CN(c2ccc(C)cc2)S(=C)(=C)C)c(F)c1. The average Bonchev–Trinajstić information content (AvgIpc) is 2.64. The van der Waals surface area contributed by atoms with Gasteiger partial charge in [0, 0.05) is 16.8 Å². The molecule has 0 bridgehead atoms. The maximum Gasteiger partial charge on any atom is 0.279 e. The maximum absolute atomic E-state index is 14.8. The van der Waals surface area contributed by atoms with Crippen molar-refractivity contribution in [3.8, 4) is 0 Å². The monoisotopic (exact) mass is 421 g/mol. The average molecular weight is 422 g/mol. The van der Waals surface area contributed by atoms with E-state index in [1.807, 2.05) is 41.8 Å². The van der Waals surface area contributed by atoms with Gasteiger partial charge in [0.05, 0.1) is 17.9 Å². The number of hydrogen-bond acceptors (Lipinski definition) is 3. The number of halogens is 3. The Hall–Kier alpha value is -2.80. The van der Waals surface area contributed by atoms with Crippen LogP contribution in [0.5, 0.6) is 0 Å². The van der Waals surface area contributed by atoms with Gasteiger partial charge in [-0.05, 0) is 31.4 Å². The lowest BCUT2D eigenvalue weighted by molar-refractivity contribution is 0.179. The van der Waals surface area contributed by atoms with Gasteiger partial charge in [-0.3, -0.25) is 5.43 Å². The molecule has 7 heteroatoms. The highest BCUT2D eigenvalue weighted by Gasteiger charge is 2.14. The summed E-state index contributed by atoms with van der Waals surface area (Å²) in [5.74, 6) is 7.91. The van der Waals surface area contributed by atoms with Gasteiger partial charge < -0.3 is 9.73 Å². The molecule has 0 aliphatic heterocycles. The third-order valence-electron chi connectivity index (χ3n) is 4.21. The first-order valence-electron chi connectivity index (χ1n) is 8.74. The van der Waals surface area contributed by atoms with Crippen LogP contribution in [0.1, 0.15) is 16.7 Å². The molecule has 0 fully saturated rings. The molecule has 0 aliphatic carbocycles. The van der Waals surface area contributed by atoms with Crippen LogP contribution in [0.4, 0.5) is 18.9 Å². The highest BCUT2D eigenvalue weighted by atomic mass is 32.2. The van der Waals surface area contributed by atoms with E-state index in [-0.39, 0.29) is 5.70 Å². The van der Waals surface area contributed by atoms with E-state index in [1.165, 1.54) is 6.07 Å². The van der Waals surface area contributed by atoms with Crippen molar-refractivity contribution >= 4 is 32.5 Å². The summed E-state index contributed by atoms with van der Waals surface area (Å²) in [5, 5.41) is 0. The molecule has 0 unspecified atom stereocenters. The fraction of sp³-hybridized carbons (Fsp3) is 0.182. The van der Waals surface area contributed by atoms with Crippen molar-refractivity contribution in [3.05, 3.63) is 83.8 Å². The lowest BCUT2D eigenvalue weighted by Gasteiger charge is -2.31. The van der Waals surface area contributed by atoms with Crippen LogP contribution in [0.25, 0.3) is 5.70 Å². The number of rotatable bonds is 9. The Labute approximate surface area is 171 Å². The summed E-state index contributed by atoms with van der Waals surface area (Å²) in [6.07, 6.45) is -0.781. The van der Waals surface area contributed by atoms with Crippen molar-refractivity contribution in [1.29, 1.82) is 0 Å². The lowest BCUT2D eigenvalue weighted by Crippen LogP contribution is -2.31. The van der Waals surface area contributed by atoms with Crippen molar-refractivity contribution in [2.75, 3.05) is 10.6 Å². The fourth-order valence-electron chi connectivity index (χ4n) is 2.51. The second-order valence-corrected chi connectivity index (χ2v) is 9.84. The summed E-state index contributed by atoms with van der Waals surface area (Å²) < 4.78 is 41.7. The number of nitrogens with zero attached hydrogens (tertiary/aromatic N) is 1. The summed E-state index contributed by atoms with van der Waals surface area (Å²) in [4.78, 5) is 0. The summed E-state index contributed by atoms with van der Waals surface area (Å²) in [5.41, 5.74) is 7.46. The molecule has 0 aromatic heterocycles. The highest BCUT2D eigenvalue weighted by molar-refractivity contribution is 8.28. The summed E-state index contributed by atoms with van der Waals surface area (Å²) in [7, 11) is -1.65. The number of hydrogen-bond donors (Lipinski definition) is 2. The zero-order valence-electron chi connectivity index (χ0n) is 16.6. The van der Waals surface area contributed by atoms with Crippen molar-refractivity contribution in [1.82, 2.24) is 10.9 Å². The number of nitrogens with one attached hydrogen (secondary N) is 2. The van der Waals surface area contributed by atoms with Crippen molar-refractivity contribution < 1.29 is 13.2 Å². The van der Waals surface area contributed by atoms with Gasteiger partial charge in [-0.2, -0.15) is 0 Å². The zero-order chi connectivity index (χ0) is 21.8. The van der Waals surface area contributed by atoms with E-state index < -0.39 is 27.3 Å². The molecule has 0 spiro atoms. The number of allylic oxidation sites excluding steroid dienone is 1. The van der Waals surface area contributed by atoms with Gasteiger partial charge in [-0.1, -0.05) is 54.7 Å². The fourth-order valence-corrected chi connectivity index (χ4v) is 3.59. The molecule has 2 rings (SSSR count). The third-order valence-corrected chi connectivity index (χ3v) is 5.61. The van der Waals surface area contributed by atoms with Gasteiger partial charge in [-0.25, -0.2) is 13.2 Å². The molecule has 0 atom stereocenters. The van der Waals surface area contributed by atoms with Crippen LogP contribution < -0.4 is 15.2 Å². The molecule has 29 heavy (non-hydrogen) atoms. The summed E-state index contributed by atoms with van der Waals surface area (Å²) in [6, 6.07) is 12.5. The normalized spacial score (nSPS) is 11.2. The van der Waals surface area contributed by atoms with Crippen LogP contribution in [-0.4, -0.2) is 24.4 Å². The van der Waals surface area contributed by atoms with Crippen LogP contribution in [0, 0.1) is 12.7 Å². The minimum absolute atomic E-state index is 0.248. The molecule has 3 nitrogen and oxygen atoms in total. The first-order chi connectivity index (χ1) is 13.5. The molecule has 2 aromatic rings. The molecule has 156 valence electrons. The lowest BCUT2D eigenvalue weighted by atomic mass is 10.1. The minimum atomic E-state index is -2.72. The molecule has 0 heterocycles. The molecule has 0 aliphatic rings. The Bertz CT molecular complexity index is 996. The Balaban J connectivity index is 2.21. The zero-order valence-corrected chi connectivity index (χ0v) is 17.5. The smallest absolute Gasteiger partial charge is 0.279 e. The van der Waals surface area contributed by atoms with Crippen LogP contribution in [0.15, 0.2) is 61.3 Å². The Morgan fingerprint density at radius 1 is 1.07 bits per heavy atom. The summed E-state index contributed by atoms with van der Waals surface area (Å²) in [6.45, 7) is 9.22. The standard InChI is InChI=1S/C22H26F3N3S/c1-15-7-11-20(12-8-15)28(29(4,5)6)14-19-10-9-18(13-21(19)23)16(2)26-27-17(3)22(24)25/h7-13,22,26-27H,2-5,14H2,1,6H3. The molecule has 2 aromatic carbocycles. The molecule has 0 saturated carbocycles. The van der Waals surface area contributed by atoms with Crippen molar-refractivity contribution in [2.45, 2.75) is 19.9 Å². The van der Waals surface area contributed by atoms with Crippen molar-refractivity contribution in [2.24, 2.45) is 0 Å². The Kier molecular flexibility index (Phi) is 7.08. The second-order valence-electron chi connectivity index (χ2n) is 6.96. The van der Waals surface area contributed by atoms with E-state index in [1.54, 1.807) is 12.1 Å². The predicted molar refractivity (Wildman–Crippen MR) is 122 cm³/mol. The number of alkyl halides is 2. The topological polar surface area (TPSA) is 27.3 Å². The highest BCUT2D eigenvalue weighted by Crippen LogP contribution is 2.32. The van der Waals surface area contributed by atoms with Gasteiger partial charge in [0.15, 0.2) is 0 Å². The van der Waals surface area contributed by atoms with E-state index in [4.69, 9.17) is 0 Å². The van der Waals surface area contributed by atoms with Crippen LogP contribution in [0.3, 0.4) is 0 Å². The first kappa shape index (κ1) is 22.5. The molecular formula is C22H26F3N3S. The largest absolute Gasteiger partial charge is 0.324 e. The summed E-state index contributed by atoms with van der Waals surface area (Å²) >= 11 is 0. The van der Waals surface area contributed by atoms with Gasteiger partial charge in [0.25, 0.3) is 6.43 Å².